The molecule has 0 spiro atoms. The molecule has 0 fully saturated rings. The second-order valence-corrected chi connectivity index (χ2v) is 7.97. The van der Waals surface area contributed by atoms with E-state index >= 15 is 0 Å². The van der Waals surface area contributed by atoms with E-state index in [1.165, 1.54) is 8.61 Å². The van der Waals surface area contributed by atoms with Crippen molar-refractivity contribution >= 4 is 39.3 Å². The lowest BCUT2D eigenvalue weighted by Crippen LogP contribution is -2.50. The molecule has 1 aromatic carbocycles. The maximum absolute atomic E-state index is 12.7. The first-order chi connectivity index (χ1) is 9.41. The standard InChI is InChI=1S/C13H19ClN2O2S2/c1-10(2)16-9-11-4-5-12(19-3)8-13(11)15(7-6-14)20(16,17)18/h4-5,8,10H,6-7,9H2,1-3H3. The first kappa shape index (κ1) is 15.9. The highest BCUT2D eigenvalue weighted by Crippen LogP contribution is 2.35. The lowest BCUT2D eigenvalue weighted by Gasteiger charge is -2.39. The molecule has 0 bridgehead atoms. The van der Waals surface area contributed by atoms with Gasteiger partial charge in [0.15, 0.2) is 0 Å². The van der Waals surface area contributed by atoms with Crippen molar-refractivity contribution < 1.29 is 8.42 Å². The largest absolute Gasteiger partial charge is 0.304 e. The summed E-state index contributed by atoms with van der Waals surface area (Å²) in [5.74, 6) is 0.272. The van der Waals surface area contributed by atoms with Gasteiger partial charge in [-0.2, -0.15) is 12.7 Å². The maximum atomic E-state index is 12.7. The summed E-state index contributed by atoms with van der Waals surface area (Å²) in [6.45, 7) is 4.48. The van der Waals surface area contributed by atoms with Gasteiger partial charge in [-0.25, -0.2) is 0 Å². The van der Waals surface area contributed by atoms with Gasteiger partial charge in [0.2, 0.25) is 0 Å². The van der Waals surface area contributed by atoms with Gasteiger partial charge >= 0.3 is 10.2 Å². The smallest absolute Gasteiger partial charge is 0.256 e. The molecule has 2 rings (SSSR count). The fraction of sp³-hybridized carbons (Fsp3) is 0.538. The van der Waals surface area contributed by atoms with Crippen LogP contribution in [0.1, 0.15) is 19.4 Å². The second-order valence-electron chi connectivity index (χ2n) is 4.90. The molecule has 0 atom stereocenters. The fourth-order valence-corrected chi connectivity index (χ4v) is 4.83. The third-order valence-electron chi connectivity index (χ3n) is 3.33. The SMILES string of the molecule is CSc1ccc2c(c1)N(CCCl)S(=O)(=O)N(C(C)C)C2. The summed E-state index contributed by atoms with van der Waals surface area (Å²) in [4.78, 5) is 1.05. The molecule has 1 aliphatic rings. The molecule has 20 heavy (non-hydrogen) atoms. The van der Waals surface area contributed by atoms with Crippen LogP contribution in [0.5, 0.6) is 0 Å². The van der Waals surface area contributed by atoms with E-state index in [0.717, 1.165) is 16.1 Å². The van der Waals surface area contributed by atoms with Crippen molar-refractivity contribution in [1.29, 1.82) is 0 Å². The predicted molar refractivity (Wildman–Crippen MR) is 85.9 cm³/mol. The van der Waals surface area contributed by atoms with Crippen LogP contribution in [0.25, 0.3) is 0 Å². The monoisotopic (exact) mass is 334 g/mol. The Morgan fingerprint density at radius 2 is 2.10 bits per heavy atom. The highest BCUT2D eigenvalue weighted by Gasteiger charge is 2.37. The second kappa shape index (κ2) is 6.13. The van der Waals surface area contributed by atoms with Crippen LogP contribution in [-0.4, -0.2) is 37.4 Å². The van der Waals surface area contributed by atoms with Crippen molar-refractivity contribution in [2.45, 2.75) is 31.3 Å². The van der Waals surface area contributed by atoms with Gasteiger partial charge in [-0.1, -0.05) is 6.07 Å². The number of hydrogen-bond acceptors (Lipinski definition) is 3. The molecule has 0 aromatic heterocycles. The third-order valence-corrected chi connectivity index (χ3v) is 6.30. The van der Waals surface area contributed by atoms with Crippen molar-refractivity contribution in [3.63, 3.8) is 0 Å². The van der Waals surface area contributed by atoms with Crippen LogP contribution in [-0.2, 0) is 16.8 Å². The van der Waals surface area contributed by atoms with Gasteiger partial charge in [-0.15, -0.1) is 23.4 Å². The molecule has 0 amide bonds. The normalized spacial score (nSPS) is 18.4. The lowest BCUT2D eigenvalue weighted by molar-refractivity contribution is 0.341. The number of benzene rings is 1. The Balaban J connectivity index is 2.56. The molecule has 0 unspecified atom stereocenters. The number of fused-ring (bicyclic) bond motifs is 1. The summed E-state index contributed by atoms with van der Waals surface area (Å²) in [5, 5.41) is 0. The van der Waals surface area contributed by atoms with Gasteiger partial charge in [0.25, 0.3) is 0 Å². The number of alkyl halides is 1. The molecule has 4 nitrogen and oxygen atoms in total. The van der Waals surface area contributed by atoms with Crippen LogP contribution in [0.15, 0.2) is 23.1 Å². The number of anilines is 1. The maximum Gasteiger partial charge on any atom is 0.304 e. The lowest BCUT2D eigenvalue weighted by atomic mass is 10.1. The zero-order valence-electron chi connectivity index (χ0n) is 11.8. The van der Waals surface area contributed by atoms with E-state index in [1.54, 1.807) is 11.8 Å². The van der Waals surface area contributed by atoms with E-state index in [-0.39, 0.29) is 18.5 Å². The van der Waals surface area contributed by atoms with E-state index in [1.807, 2.05) is 38.3 Å². The Bertz CT molecular complexity index is 590. The van der Waals surface area contributed by atoms with E-state index in [9.17, 15) is 8.42 Å². The van der Waals surface area contributed by atoms with Gasteiger partial charge in [-0.3, -0.25) is 4.31 Å². The highest BCUT2D eigenvalue weighted by molar-refractivity contribution is 7.98. The predicted octanol–water partition coefficient (Wildman–Crippen LogP) is 2.92. The quantitative estimate of drug-likeness (QED) is 0.628. The summed E-state index contributed by atoms with van der Waals surface area (Å²) in [6, 6.07) is 5.89. The minimum absolute atomic E-state index is 0.0776. The van der Waals surface area contributed by atoms with Crippen LogP contribution in [0.3, 0.4) is 0 Å². The van der Waals surface area contributed by atoms with Crippen LogP contribution in [0.4, 0.5) is 5.69 Å². The Kier molecular flexibility index (Phi) is 4.89. The van der Waals surface area contributed by atoms with Crippen molar-refractivity contribution in [2.24, 2.45) is 0 Å². The Morgan fingerprint density at radius 3 is 2.65 bits per heavy atom. The highest BCUT2D eigenvalue weighted by atomic mass is 35.5. The molecule has 7 heteroatoms. The van der Waals surface area contributed by atoms with Crippen molar-refractivity contribution in [3.8, 4) is 0 Å². The first-order valence-corrected chi connectivity index (χ1v) is 9.59. The van der Waals surface area contributed by atoms with Gasteiger partial charge in [0.1, 0.15) is 0 Å². The summed E-state index contributed by atoms with van der Waals surface area (Å²) < 4.78 is 28.3. The van der Waals surface area contributed by atoms with Crippen LogP contribution in [0.2, 0.25) is 0 Å². The molecule has 0 saturated carbocycles. The van der Waals surface area contributed by atoms with Gasteiger partial charge in [0.05, 0.1) is 5.69 Å². The summed E-state index contributed by atoms with van der Waals surface area (Å²) in [6.07, 6.45) is 1.98. The number of hydrogen-bond donors (Lipinski definition) is 0. The number of nitrogens with zero attached hydrogens (tertiary/aromatic N) is 2. The number of halogens is 1. The topological polar surface area (TPSA) is 40.6 Å². The molecule has 0 aliphatic carbocycles. The van der Waals surface area contributed by atoms with Crippen LogP contribution >= 0.6 is 23.4 Å². The Labute approximate surface area is 130 Å². The molecule has 1 heterocycles. The zero-order valence-corrected chi connectivity index (χ0v) is 14.2. The van der Waals surface area contributed by atoms with Gasteiger partial charge < -0.3 is 0 Å². The number of thioether (sulfide) groups is 1. The Morgan fingerprint density at radius 1 is 1.40 bits per heavy atom. The minimum atomic E-state index is -3.49. The third kappa shape index (κ3) is 2.79. The van der Waals surface area contributed by atoms with E-state index in [2.05, 4.69) is 0 Å². The average Bonchev–Trinajstić information content (AvgIpc) is 2.40. The first-order valence-electron chi connectivity index (χ1n) is 6.44. The van der Waals surface area contributed by atoms with Crippen molar-refractivity contribution in [2.75, 3.05) is 23.0 Å². The number of rotatable bonds is 4. The fourth-order valence-electron chi connectivity index (χ4n) is 2.30. The molecule has 0 radical (unpaired) electrons. The molecular weight excluding hydrogens is 316 g/mol. The van der Waals surface area contributed by atoms with Crippen LogP contribution in [0, 0.1) is 0 Å². The van der Waals surface area contributed by atoms with Crippen LogP contribution < -0.4 is 4.31 Å². The van der Waals surface area contributed by atoms with Gasteiger partial charge in [0, 0.05) is 29.9 Å². The molecule has 1 aromatic rings. The Hall–Kier alpha value is -0.430. The summed E-state index contributed by atoms with van der Waals surface area (Å²) in [7, 11) is -3.49. The van der Waals surface area contributed by atoms with Crippen molar-refractivity contribution in [3.05, 3.63) is 23.8 Å². The molecular formula is C13H19ClN2O2S2. The van der Waals surface area contributed by atoms with Crippen molar-refractivity contribution in [1.82, 2.24) is 4.31 Å². The van der Waals surface area contributed by atoms with E-state index < -0.39 is 10.2 Å². The molecule has 1 aliphatic heterocycles. The average molecular weight is 335 g/mol. The molecule has 0 saturated heterocycles. The van der Waals surface area contributed by atoms with Gasteiger partial charge in [-0.05, 0) is 37.8 Å². The van der Waals surface area contributed by atoms with E-state index in [4.69, 9.17) is 11.6 Å². The van der Waals surface area contributed by atoms with E-state index in [0.29, 0.717) is 6.54 Å². The molecule has 112 valence electrons. The summed E-state index contributed by atoms with van der Waals surface area (Å²) >= 11 is 7.40. The summed E-state index contributed by atoms with van der Waals surface area (Å²) in [5.41, 5.74) is 1.78. The molecule has 0 N–H and O–H groups in total. The minimum Gasteiger partial charge on any atom is -0.256 e. The zero-order chi connectivity index (χ0) is 14.9.